The number of rotatable bonds is 1. The Kier molecular flexibility index (Phi) is 29.1. The van der Waals surface area contributed by atoms with E-state index < -0.39 is 0 Å². The van der Waals surface area contributed by atoms with Gasteiger partial charge in [-0.15, -0.1) is 0 Å². The Bertz CT molecular complexity index is 685. The molecule has 1 aromatic carbocycles. The van der Waals surface area contributed by atoms with Crippen molar-refractivity contribution in [1.29, 1.82) is 0 Å². The van der Waals surface area contributed by atoms with Gasteiger partial charge in [-0.1, -0.05) is 0 Å². The first kappa shape index (κ1) is 30.0. The third-order valence-electron chi connectivity index (χ3n) is 2.23. The summed E-state index contributed by atoms with van der Waals surface area (Å²) in [4.78, 5) is 0. The van der Waals surface area contributed by atoms with E-state index in [0.29, 0.717) is 5.92 Å². The van der Waals surface area contributed by atoms with E-state index in [1.807, 2.05) is 0 Å². The van der Waals surface area contributed by atoms with Crippen LogP contribution in [0.4, 0.5) is 0 Å². The summed E-state index contributed by atoms with van der Waals surface area (Å²) in [5, 5.41) is 2.53. The van der Waals surface area contributed by atoms with E-state index in [-0.39, 0.29) is 0 Å². The number of benzene rings is 1. The average Bonchev–Trinajstić information content (AvgIpc) is 2.69. The second kappa shape index (κ2) is 23.3. The van der Waals surface area contributed by atoms with Gasteiger partial charge in [0.25, 0.3) is 0 Å². The fraction of sp³-hybridized carbons (Fsp3) is 0.176. The molecule has 0 saturated carbocycles. The van der Waals surface area contributed by atoms with Gasteiger partial charge in [-0.05, 0) is 0 Å². The van der Waals surface area contributed by atoms with E-state index in [1.54, 1.807) is 0 Å². The zero-order chi connectivity index (χ0) is 20.1. The van der Waals surface area contributed by atoms with Crippen LogP contribution in [0, 0.1) is 37.0 Å². The Morgan fingerprint density at radius 3 is 1.67 bits per heavy atom. The second-order valence-electron chi connectivity index (χ2n) is 3.67. The number of hydrogen-bond acceptors (Lipinski definition) is 1. The fourth-order valence-corrected chi connectivity index (χ4v) is 2.37. The van der Waals surface area contributed by atoms with Crippen LogP contribution in [0.2, 0.25) is 0 Å². The zero-order valence-corrected chi connectivity index (χ0v) is 15.8. The first-order valence-corrected chi connectivity index (χ1v) is 7.20. The fourth-order valence-electron chi connectivity index (χ4n) is 1.60. The van der Waals surface area contributed by atoms with Gasteiger partial charge in [0.1, 0.15) is 0 Å². The molecule has 0 bridgehead atoms. The van der Waals surface area contributed by atoms with Gasteiger partial charge in [0.2, 0.25) is 0 Å². The number of hydrogen-bond donors (Lipinski definition) is 0. The molecule has 0 fully saturated rings. The monoisotopic (exact) mass is 496 g/mol. The molecular formula is C17H12O6W. The van der Waals surface area contributed by atoms with Crippen molar-refractivity contribution in [2.24, 2.45) is 0 Å². The molecule has 2 rings (SSSR count). The van der Waals surface area contributed by atoms with Crippen LogP contribution in [0.15, 0.2) is 34.7 Å². The van der Waals surface area contributed by atoms with E-state index in [9.17, 15) is 0 Å². The quantitative estimate of drug-likeness (QED) is 0.437. The van der Waals surface area contributed by atoms with Crippen LogP contribution in [0.5, 0.6) is 0 Å². The molecule has 0 aliphatic heterocycles. The number of fused-ring (bicyclic) bond motifs is 1. The van der Waals surface area contributed by atoms with E-state index in [1.165, 1.54) is 30.1 Å². The third kappa shape index (κ3) is 11.6. The molecule has 7 heteroatoms. The van der Waals surface area contributed by atoms with Crippen molar-refractivity contribution in [3.05, 3.63) is 73.1 Å². The Hall–Kier alpha value is -1.98. The zero-order valence-electron chi connectivity index (χ0n) is 12.8. The van der Waals surface area contributed by atoms with Gasteiger partial charge in [0.05, 0.1) is 0 Å². The molecule has 6 nitrogen and oxygen atoms in total. The van der Waals surface area contributed by atoms with Gasteiger partial charge in [0, 0.05) is 0 Å². The molecule has 0 atom stereocenters. The summed E-state index contributed by atoms with van der Waals surface area (Å²) in [7, 11) is 0. The average molecular weight is 496 g/mol. The molecule has 0 saturated heterocycles. The summed E-state index contributed by atoms with van der Waals surface area (Å²) in [5.74, 6) is 1.55. The van der Waals surface area contributed by atoms with E-state index >= 15 is 0 Å². The molecule has 0 aliphatic rings. The summed E-state index contributed by atoms with van der Waals surface area (Å²) in [6.07, 6.45) is 0. The topological polar surface area (TPSA) is 113 Å². The Morgan fingerprint density at radius 2 is 1.25 bits per heavy atom. The molecule has 0 amide bonds. The van der Waals surface area contributed by atoms with Crippen molar-refractivity contribution >= 4 is 10.8 Å². The summed E-state index contributed by atoms with van der Waals surface area (Å²) in [6, 6.07) is 10.5. The first-order chi connectivity index (χ1) is 11.7. The van der Waals surface area contributed by atoms with Crippen LogP contribution >= 0.6 is 0 Å². The molecule has 122 valence electrons. The van der Waals surface area contributed by atoms with Crippen molar-refractivity contribution in [3.8, 4) is 0 Å². The van der Waals surface area contributed by atoms with E-state index in [0.717, 1.165) is 9.50 Å². The maximum atomic E-state index is 7.50. The maximum absolute atomic E-state index is 7.50. The van der Waals surface area contributed by atoms with Gasteiger partial charge < -0.3 is 0 Å². The molecule has 1 aromatic heterocycles. The molecule has 0 radical (unpaired) electrons. The molecule has 0 N–H and O–H groups in total. The van der Waals surface area contributed by atoms with Crippen molar-refractivity contribution in [2.45, 2.75) is 19.8 Å². The molecule has 2 aromatic rings. The summed E-state index contributed by atoms with van der Waals surface area (Å²) in [6.45, 7) is 26.8. The van der Waals surface area contributed by atoms with Crippen LogP contribution in [-0.4, -0.2) is 0 Å². The van der Waals surface area contributed by atoms with Gasteiger partial charge >= 0.3 is 151 Å². The molecule has 24 heavy (non-hydrogen) atoms. The van der Waals surface area contributed by atoms with Crippen molar-refractivity contribution in [3.63, 3.8) is 0 Å². The Labute approximate surface area is 150 Å². The van der Waals surface area contributed by atoms with Crippen molar-refractivity contribution in [1.82, 2.24) is 0 Å². The first-order valence-electron chi connectivity index (χ1n) is 5.73. The Morgan fingerprint density at radius 1 is 0.833 bits per heavy atom. The standard InChI is InChI=1S/C12H12O.5CO.W/c1-9(2)12-11-6-4-3-5-10(11)7-8-13-12;5*1-2;/h3-7,9H,1-2H3;;;;;;. The SMILES string of the molecule is CC(C)c1o[c](=[W])cc2ccccc12.[C-]#[O+].[C-]#[O+].[C-]#[O+].[C-]#[O+].[C-]#[O+]. The van der Waals surface area contributed by atoms with Crippen LogP contribution in [-0.2, 0) is 42.6 Å². The minimum atomic E-state index is 0.444. The van der Waals surface area contributed by atoms with Crippen LogP contribution in [0.25, 0.3) is 10.8 Å². The van der Waals surface area contributed by atoms with Crippen molar-refractivity contribution in [2.75, 3.05) is 0 Å². The van der Waals surface area contributed by atoms with Gasteiger partial charge in [0.15, 0.2) is 0 Å². The van der Waals surface area contributed by atoms with Gasteiger partial charge in [-0.2, -0.15) is 0 Å². The normalized spacial score (nSPS) is 6.88. The molecule has 0 aliphatic carbocycles. The molecule has 0 spiro atoms. The molecular weight excluding hydrogens is 484 g/mol. The predicted molar refractivity (Wildman–Crippen MR) is 73.2 cm³/mol. The van der Waals surface area contributed by atoms with Gasteiger partial charge in [-0.25, -0.2) is 0 Å². The van der Waals surface area contributed by atoms with E-state index in [4.69, 9.17) is 27.7 Å². The molecule has 1 heterocycles. The minimum absolute atomic E-state index is 0.444. The second-order valence-corrected chi connectivity index (χ2v) is 5.12. The van der Waals surface area contributed by atoms with Crippen LogP contribution in [0.3, 0.4) is 0 Å². The van der Waals surface area contributed by atoms with Crippen LogP contribution in [0.1, 0.15) is 25.5 Å². The van der Waals surface area contributed by atoms with Crippen molar-refractivity contribution < 1.29 is 47.0 Å². The molecule has 0 unspecified atom stereocenters. The third-order valence-corrected chi connectivity index (χ3v) is 2.96. The summed E-state index contributed by atoms with van der Waals surface area (Å²) >= 11 is 1.38. The Balaban J connectivity index is -0.000000173. The van der Waals surface area contributed by atoms with Crippen LogP contribution < -0.4 is 0 Å². The summed E-state index contributed by atoms with van der Waals surface area (Å²) < 4.78 is 44.4. The predicted octanol–water partition coefficient (Wildman–Crippen LogP) is 3.45. The van der Waals surface area contributed by atoms with Gasteiger partial charge in [-0.3, -0.25) is 0 Å². The van der Waals surface area contributed by atoms with E-state index in [2.05, 4.69) is 77.4 Å². The summed E-state index contributed by atoms with van der Waals surface area (Å²) in [5.41, 5.74) is 0.